The van der Waals surface area contributed by atoms with Crippen molar-refractivity contribution in [3.63, 3.8) is 0 Å². The van der Waals surface area contributed by atoms with E-state index in [4.69, 9.17) is 0 Å². The van der Waals surface area contributed by atoms with Gasteiger partial charge in [0.15, 0.2) is 15.6 Å². The fraction of sp³-hybridized carbons (Fsp3) is 0.261. The van der Waals surface area contributed by atoms with E-state index in [1.807, 2.05) is 30.3 Å². The van der Waals surface area contributed by atoms with Crippen LogP contribution in [0.1, 0.15) is 42.4 Å². The van der Waals surface area contributed by atoms with Crippen molar-refractivity contribution in [2.45, 2.75) is 37.7 Å². The zero-order valence-electron chi connectivity index (χ0n) is 16.8. The number of carbonyl (C=O) groups is 1. The van der Waals surface area contributed by atoms with E-state index in [9.17, 15) is 13.2 Å². The molecule has 150 valence electrons. The largest absolute Gasteiger partial charge is 0.294 e. The maximum Gasteiger partial charge on any atom is 0.168 e. The number of aromatic nitrogens is 2. The lowest BCUT2D eigenvalue weighted by Crippen LogP contribution is -2.29. The molecular formula is C23H24N2O3S. The second-order valence-corrected chi connectivity index (χ2v) is 10.7. The summed E-state index contributed by atoms with van der Waals surface area (Å²) >= 11 is 0. The van der Waals surface area contributed by atoms with Gasteiger partial charge in [-0.15, -0.1) is 0 Å². The molecule has 3 rings (SSSR count). The Kier molecular flexibility index (Phi) is 5.94. The number of rotatable bonds is 6. The number of benzene rings is 2. The molecule has 0 atom stereocenters. The van der Waals surface area contributed by atoms with Gasteiger partial charge in [0.25, 0.3) is 0 Å². The van der Waals surface area contributed by atoms with Crippen LogP contribution in [0.25, 0.3) is 11.3 Å². The summed E-state index contributed by atoms with van der Waals surface area (Å²) in [4.78, 5) is 21.3. The number of ketones is 1. The van der Waals surface area contributed by atoms with Gasteiger partial charge in [-0.2, -0.15) is 0 Å². The van der Waals surface area contributed by atoms with Crippen LogP contribution in [-0.4, -0.2) is 28.9 Å². The average molecular weight is 409 g/mol. The molecule has 1 aromatic heterocycles. The lowest BCUT2D eigenvalue weighted by atomic mass is 10.1. The van der Waals surface area contributed by atoms with Crippen LogP contribution in [-0.2, 0) is 22.0 Å². The SMILES string of the molecule is CC(C)(C)S(=O)(=O)Cc1ccc(C(=O)Cc2cnc(-c3ccccc3)cn2)cc1. The summed E-state index contributed by atoms with van der Waals surface area (Å²) in [6.07, 6.45) is 3.42. The van der Waals surface area contributed by atoms with Crippen molar-refractivity contribution in [3.05, 3.63) is 83.8 Å². The maximum atomic E-state index is 12.5. The van der Waals surface area contributed by atoms with Gasteiger partial charge in [0.1, 0.15) is 0 Å². The molecule has 0 aliphatic rings. The van der Waals surface area contributed by atoms with Gasteiger partial charge < -0.3 is 0 Å². The highest BCUT2D eigenvalue weighted by Gasteiger charge is 2.28. The first kappa shape index (κ1) is 20.9. The monoisotopic (exact) mass is 408 g/mol. The molecule has 1 heterocycles. The summed E-state index contributed by atoms with van der Waals surface area (Å²) in [6, 6.07) is 16.4. The average Bonchev–Trinajstić information content (AvgIpc) is 2.68. The van der Waals surface area contributed by atoms with E-state index in [-0.39, 0.29) is 18.0 Å². The fourth-order valence-electron chi connectivity index (χ4n) is 2.69. The van der Waals surface area contributed by atoms with E-state index in [2.05, 4.69) is 9.97 Å². The van der Waals surface area contributed by atoms with E-state index in [1.165, 1.54) is 0 Å². The Balaban J connectivity index is 1.67. The Morgan fingerprint density at radius 2 is 1.55 bits per heavy atom. The molecule has 2 aromatic carbocycles. The molecule has 0 radical (unpaired) electrons. The Labute approximate surface area is 171 Å². The van der Waals surface area contributed by atoms with Gasteiger partial charge >= 0.3 is 0 Å². The molecule has 3 aromatic rings. The Bertz CT molecular complexity index is 1080. The van der Waals surface area contributed by atoms with Gasteiger partial charge in [0, 0.05) is 17.3 Å². The third-order valence-electron chi connectivity index (χ3n) is 4.68. The highest BCUT2D eigenvalue weighted by molar-refractivity contribution is 7.91. The van der Waals surface area contributed by atoms with Crippen molar-refractivity contribution < 1.29 is 13.2 Å². The van der Waals surface area contributed by atoms with Crippen molar-refractivity contribution in [2.24, 2.45) is 0 Å². The van der Waals surface area contributed by atoms with E-state index in [0.29, 0.717) is 16.8 Å². The zero-order chi connectivity index (χ0) is 21.1. The van der Waals surface area contributed by atoms with Crippen molar-refractivity contribution in [1.29, 1.82) is 0 Å². The third kappa shape index (κ3) is 5.15. The number of nitrogens with zero attached hydrogens (tertiary/aromatic N) is 2. The molecule has 0 saturated heterocycles. The summed E-state index contributed by atoms with van der Waals surface area (Å²) < 4.78 is 23.8. The minimum Gasteiger partial charge on any atom is -0.294 e. The van der Waals surface area contributed by atoms with E-state index in [1.54, 1.807) is 57.4 Å². The van der Waals surface area contributed by atoms with Crippen LogP contribution < -0.4 is 0 Å². The molecule has 0 aliphatic carbocycles. The lowest BCUT2D eigenvalue weighted by Gasteiger charge is -2.19. The first-order valence-corrected chi connectivity index (χ1v) is 11.0. The minimum absolute atomic E-state index is 0.0443. The van der Waals surface area contributed by atoms with Crippen molar-refractivity contribution in [1.82, 2.24) is 9.97 Å². The topological polar surface area (TPSA) is 77.0 Å². The number of sulfone groups is 1. The number of hydrogen-bond acceptors (Lipinski definition) is 5. The van der Waals surface area contributed by atoms with Gasteiger partial charge in [0.2, 0.25) is 0 Å². The van der Waals surface area contributed by atoms with Gasteiger partial charge in [-0.25, -0.2) is 8.42 Å². The molecule has 0 saturated carbocycles. The number of hydrogen-bond donors (Lipinski definition) is 0. The van der Waals surface area contributed by atoms with Crippen LogP contribution >= 0.6 is 0 Å². The third-order valence-corrected chi connectivity index (χ3v) is 7.26. The van der Waals surface area contributed by atoms with Crippen LogP contribution in [0, 0.1) is 0 Å². The van der Waals surface area contributed by atoms with Crippen LogP contribution in [0.3, 0.4) is 0 Å². The standard InChI is InChI=1S/C23H24N2O3S/c1-23(2,3)29(27,28)16-17-9-11-19(12-10-17)22(26)13-20-14-25-21(15-24-20)18-7-5-4-6-8-18/h4-12,14-15H,13,16H2,1-3H3. The molecule has 0 aliphatic heterocycles. The van der Waals surface area contributed by atoms with Crippen LogP contribution in [0.5, 0.6) is 0 Å². The molecule has 0 fully saturated rings. The molecule has 0 amide bonds. The first-order valence-electron chi connectivity index (χ1n) is 9.36. The molecule has 0 unspecified atom stereocenters. The van der Waals surface area contributed by atoms with E-state index >= 15 is 0 Å². The van der Waals surface area contributed by atoms with Crippen LogP contribution in [0.15, 0.2) is 67.0 Å². The molecule has 6 heteroatoms. The molecule has 29 heavy (non-hydrogen) atoms. The van der Waals surface area contributed by atoms with Crippen LogP contribution in [0.4, 0.5) is 0 Å². The summed E-state index contributed by atoms with van der Waals surface area (Å²) in [5.74, 6) is -0.130. The molecule has 0 bridgehead atoms. The highest BCUT2D eigenvalue weighted by Crippen LogP contribution is 2.21. The van der Waals surface area contributed by atoms with Gasteiger partial charge in [-0.3, -0.25) is 14.8 Å². The quantitative estimate of drug-likeness (QED) is 0.569. The number of carbonyl (C=O) groups excluding carboxylic acids is 1. The second-order valence-electron chi connectivity index (χ2n) is 7.93. The molecule has 0 spiro atoms. The lowest BCUT2D eigenvalue weighted by molar-refractivity contribution is 0.0992. The van der Waals surface area contributed by atoms with Crippen molar-refractivity contribution in [3.8, 4) is 11.3 Å². The predicted octanol–water partition coefficient (Wildman–Crippen LogP) is 4.28. The van der Waals surface area contributed by atoms with Gasteiger partial charge in [0.05, 0.1) is 34.5 Å². The fourth-order valence-corrected chi connectivity index (χ4v) is 3.76. The molecule has 0 N–H and O–H groups in total. The summed E-state index contributed by atoms with van der Waals surface area (Å²) in [7, 11) is -3.26. The summed E-state index contributed by atoms with van der Waals surface area (Å²) in [6.45, 7) is 5.05. The normalized spacial score (nSPS) is 12.0. The van der Waals surface area contributed by atoms with Crippen molar-refractivity contribution in [2.75, 3.05) is 0 Å². The second kappa shape index (κ2) is 8.25. The minimum atomic E-state index is -3.26. The predicted molar refractivity (Wildman–Crippen MR) is 114 cm³/mol. The zero-order valence-corrected chi connectivity index (χ0v) is 17.6. The maximum absolute atomic E-state index is 12.5. The van der Waals surface area contributed by atoms with E-state index in [0.717, 1.165) is 11.3 Å². The summed E-state index contributed by atoms with van der Waals surface area (Å²) in [5.41, 5.74) is 3.51. The molecular weight excluding hydrogens is 384 g/mol. The Hall–Kier alpha value is -2.86. The van der Waals surface area contributed by atoms with Crippen LogP contribution in [0.2, 0.25) is 0 Å². The number of Topliss-reactive ketones (excluding diaryl/α,β-unsaturated/α-hetero) is 1. The Morgan fingerprint density at radius 1 is 0.897 bits per heavy atom. The van der Waals surface area contributed by atoms with Crippen molar-refractivity contribution >= 4 is 15.6 Å². The smallest absolute Gasteiger partial charge is 0.168 e. The first-order chi connectivity index (χ1) is 13.7. The van der Waals surface area contributed by atoms with E-state index < -0.39 is 14.6 Å². The molecule has 5 nitrogen and oxygen atoms in total. The Morgan fingerprint density at radius 3 is 2.10 bits per heavy atom. The van der Waals surface area contributed by atoms with Gasteiger partial charge in [-0.05, 0) is 26.3 Å². The van der Waals surface area contributed by atoms with Gasteiger partial charge in [-0.1, -0.05) is 54.6 Å². The highest BCUT2D eigenvalue weighted by atomic mass is 32.2. The summed E-state index contributed by atoms with van der Waals surface area (Å²) in [5, 5.41) is 0.